The number of pyridine rings is 1. The summed E-state index contributed by atoms with van der Waals surface area (Å²) < 4.78 is 0. The highest BCUT2D eigenvalue weighted by molar-refractivity contribution is 5.45. The third-order valence-corrected chi connectivity index (χ3v) is 4.86. The van der Waals surface area contributed by atoms with Crippen molar-refractivity contribution in [2.45, 2.75) is 24.4 Å². The van der Waals surface area contributed by atoms with Crippen molar-refractivity contribution in [2.75, 3.05) is 0 Å². The van der Waals surface area contributed by atoms with Crippen molar-refractivity contribution >= 4 is 0 Å². The molecule has 1 aliphatic carbocycles. The first-order chi connectivity index (χ1) is 11.3. The van der Waals surface area contributed by atoms with Crippen molar-refractivity contribution in [3.8, 4) is 0 Å². The second-order valence-corrected chi connectivity index (χ2v) is 6.25. The van der Waals surface area contributed by atoms with E-state index in [0.717, 1.165) is 17.7 Å². The Morgan fingerprint density at radius 2 is 1.65 bits per heavy atom. The molecule has 2 unspecified atom stereocenters. The summed E-state index contributed by atoms with van der Waals surface area (Å²) in [4.78, 5) is 4.43. The van der Waals surface area contributed by atoms with Gasteiger partial charge in [0.2, 0.25) is 0 Å². The standard InChI is InChI=1S/C21H19NO/c23-21(15-18-11-6-7-13-22-18)19-12-5-4-10-17(19)14-20(21)16-8-2-1-3-9-16/h1-13,20,23H,14-15H2. The van der Waals surface area contributed by atoms with Crippen LogP contribution >= 0.6 is 0 Å². The van der Waals surface area contributed by atoms with Gasteiger partial charge in [-0.25, -0.2) is 0 Å². The van der Waals surface area contributed by atoms with E-state index in [-0.39, 0.29) is 5.92 Å². The van der Waals surface area contributed by atoms with E-state index < -0.39 is 5.60 Å². The van der Waals surface area contributed by atoms with Gasteiger partial charge in [0.15, 0.2) is 0 Å². The molecule has 2 heteroatoms. The summed E-state index contributed by atoms with van der Waals surface area (Å²) in [5, 5.41) is 11.7. The van der Waals surface area contributed by atoms with Crippen molar-refractivity contribution in [1.82, 2.24) is 4.98 Å². The number of nitrogens with zero attached hydrogens (tertiary/aromatic N) is 1. The Balaban J connectivity index is 1.81. The molecule has 1 N–H and O–H groups in total. The predicted octanol–water partition coefficient (Wildman–Crippen LogP) is 3.85. The van der Waals surface area contributed by atoms with Gasteiger partial charge in [0.1, 0.15) is 5.60 Å². The minimum absolute atomic E-state index is 0.0584. The lowest BCUT2D eigenvalue weighted by Gasteiger charge is -2.31. The van der Waals surface area contributed by atoms with Crippen molar-refractivity contribution in [3.63, 3.8) is 0 Å². The molecular weight excluding hydrogens is 282 g/mol. The van der Waals surface area contributed by atoms with Crippen LogP contribution in [0.15, 0.2) is 79.0 Å². The van der Waals surface area contributed by atoms with E-state index in [9.17, 15) is 5.11 Å². The quantitative estimate of drug-likeness (QED) is 0.797. The molecular formula is C21H19NO. The van der Waals surface area contributed by atoms with Crippen LogP contribution in [0.2, 0.25) is 0 Å². The highest BCUT2D eigenvalue weighted by Crippen LogP contribution is 2.48. The second-order valence-electron chi connectivity index (χ2n) is 6.25. The van der Waals surface area contributed by atoms with Crippen LogP contribution in [0, 0.1) is 0 Å². The van der Waals surface area contributed by atoms with E-state index in [2.05, 4.69) is 29.2 Å². The molecule has 0 fully saturated rings. The van der Waals surface area contributed by atoms with Crippen LogP contribution in [0.3, 0.4) is 0 Å². The van der Waals surface area contributed by atoms with E-state index >= 15 is 0 Å². The van der Waals surface area contributed by atoms with Crippen LogP contribution in [0.1, 0.15) is 28.3 Å². The van der Waals surface area contributed by atoms with Crippen molar-refractivity contribution < 1.29 is 5.11 Å². The van der Waals surface area contributed by atoms with E-state index in [1.165, 1.54) is 11.1 Å². The molecule has 2 aromatic carbocycles. The summed E-state index contributed by atoms with van der Waals surface area (Å²) in [6.45, 7) is 0. The Morgan fingerprint density at radius 3 is 2.43 bits per heavy atom. The minimum atomic E-state index is -0.910. The van der Waals surface area contributed by atoms with Gasteiger partial charge in [-0.15, -0.1) is 0 Å². The van der Waals surface area contributed by atoms with E-state index in [0.29, 0.717) is 6.42 Å². The maximum absolute atomic E-state index is 11.7. The lowest BCUT2D eigenvalue weighted by molar-refractivity contribution is 0.0180. The van der Waals surface area contributed by atoms with Gasteiger partial charge in [-0.1, -0.05) is 60.7 Å². The van der Waals surface area contributed by atoms with E-state index in [1.807, 2.05) is 48.5 Å². The number of benzene rings is 2. The van der Waals surface area contributed by atoms with E-state index in [4.69, 9.17) is 0 Å². The molecule has 1 heterocycles. The summed E-state index contributed by atoms with van der Waals surface area (Å²) in [5.74, 6) is 0.0584. The zero-order valence-electron chi connectivity index (χ0n) is 12.9. The van der Waals surface area contributed by atoms with Crippen LogP contribution in [0.4, 0.5) is 0 Å². The number of aromatic nitrogens is 1. The molecule has 2 atom stereocenters. The molecule has 2 nitrogen and oxygen atoms in total. The first kappa shape index (κ1) is 14.2. The predicted molar refractivity (Wildman–Crippen MR) is 91.2 cm³/mol. The Bertz CT molecular complexity index is 800. The Kier molecular flexibility index (Phi) is 3.47. The fourth-order valence-electron chi connectivity index (χ4n) is 3.77. The van der Waals surface area contributed by atoms with E-state index in [1.54, 1.807) is 6.20 Å². The monoisotopic (exact) mass is 301 g/mol. The average molecular weight is 301 g/mol. The molecule has 0 bridgehead atoms. The highest BCUT2D eigenvalue weighted by Gasteiger charge is 2.46. The maximum Gasteiger partial charge on any atom is 0.103 e. The smallest absolute Gasteiger partial charge is 0.103 e. The number of hydrogen-bond acceptors (Lipinski definition) is 2. The molecule has 0 radical (unpaired) electrons. The maximum atomic E-state index is 11.7. The molecule has 1 aromatic heterocycles. The molecule has 0 saturated carbocycles. The fourth-order valence-corrected chi connectivity index (χ4v) is 3.77. The normalized spacial score (nSPS) is 22.7. The van der Waals surface area contributed by atoms with Crippen molar-refractivity contribution in [3.05, 3.63) is 101 Å². The number of fused-ring (bicyclic) bond motifs is 1. The minimum Gasteiger partial charge on any atom is -0.384 e. The van der Waals surface area contributed by atoms with Gasteiger partial charge in [0, 0.05) is 24.2 Å². The van der Waals surface area contributed by atoms with Crippen molar-refractivity contribution in [1.29, 1.82) is 0 Å². The van der Waals surface area contributed by atoms with Crippen LogP contribution in [-0.2, 0) is 18.4 Å². The van der Waals surface area contributed by atoms with Gasteiger partial charge in [-0.2, -0.15) is 0 Å². The summed E-state index contributed by atoms with van der Waals surface area (Å²) in [5.41, 5.74) is 3.47. The van der Waals surface area contributed by atoms with Gasteiger partial charge in [0.25, 0.3) is 0 Å². The second kappa shape index (κ2) is 5.64. The first-order valence-corrected chi connectivity index (χ1v) is 8.03. The number of hydrogen-bond donors (Lipinski definition) is 1. The van der Waals surface area contributed by atoms with Gasteiger partial charge in [-0.05, 0) is 35.2 Å². The van der Waals surface area contributed by atoms with Gasteiger partial charge in [-0.3, -0.25) is 4.98 Å². The lowest BCUT2D eigenvalue weighted by Crippen LogP contribution is -2.33. The summed E-state index contributed by atoms with van der Waals surface area (Å²) >= 11 is 0. The number of rotatable bonds is 3. The Hall–Kier alpha value is -2.45. The largest absolute Gasteiger partial charge is 0.384 e. The molecule has 0 amide bonds. The average Bonchev–Trinajstić information content (AvgIpc) is 2.90. The van der Waals surface area contributed by atoms with Gasteiger partial charge >= 0.3 is 0 Å². The van der Waals surface area contributed by atoms with Gasteiger partial charge < -0.3 is 5.11 Å². The zero-order chi connectivity index (χ0) is 15.7. The molecule has 3 aromatic rings. The lowest BCUT2D eigenvalue weighted by atomic mass is 9.79. The molecule has 0 saturated heterocycles. The van der Waals surface area contributed by atoms with Crippen LogP contribution in [0.5, 0.6) is 0 Å². The van der Waals surface area contributed by atoms with Crippen LogP contribution in [-0.4, -0.2) is 10.1 Å². The molecule has 23 heavy (non-hydrogen) atoms. The molecule has 1 aliphatic rings. The molecule has 4 rings (SSSR count). The summed E-state index contributed by atoms with van der Waals surface area (Å²) in [7, 11) is 0. The summed E-state index contributed by atoms with van der Waals surface area (Å²) in [6.07, 6.45) is 3.19. The fraction of sp³-hybridized carbons (Fsp3) is 0.190. The third-order valence-electron chi connectivity index (χ3n) is 4.86. The van der Waals surface area contributed by atoms with Crippen LogP contribution < -0.4 is 0 Å². The molecule has 0 spiro atoms. The Morgan fingerprint density at radius 1 is 0.913 bits per heavy atom. The topological polar surface area (TPSA) is 33.1 Å². The van der Waals surface area contributed by atoms with Gasteiger partial charge in [0.05, 0.1) is 0 Å². The van der Waals surface area contributed by atoms with Crippen molar-refractivity contribution in [2.24, 2.45) is 0 Å². The summed E-state index contributed by atoms with van der Waals surface area (Å²) in [6, 6.07) is 24.4. The van der Waals surface area contributed by atoms with Crippen LogP contribution in [0.25, 0.3) is 0 Å². The zero-order valence-corrected chi connectivity index (χ0v) is 12.9. The number of aliphatic hydroxyl groups is 1. The third kappa shape index (κ3) is 2.45. The SMILES string of the molecule is OC1(Cc2ccccn2)c2ccccc2CC1c1ccccc1. The molecule has 0 aliphatic heterocycles. The molecule has 114 valence electrons. The Labute approximate surface area is 136 Å². The highest BCUT2D eigenvalue weighted by atomic mass is 16.3. The first-order valence-electron chi connectivity index (χ1n) is 8.03.